The van der Waals surface area contributed by atoms with Gasteiger partial charge in [-0.3, -0.25) is 0 Å². The summed E-state index contributed by atoms with van der Waals surface area (Å²) in [4.78, 5) is 10.7. The zero-order chi connectivity index (χ0) is 14.3. The number of carbonyl (C=O) groups is 1. The molecule has 0 unspecified atom stereocenters. The van der Waals surface area contributed by atoms with Gasteiger partial charge in [-0.25, -0.2) is 13.9 Å². The third-order valence-electron chi connectivity index (χ3n) is 2.42. The van der Waals surface area contributed by atoms with Crippen LogP contribution >= 0.6 is 0 Å². The molecule has 0 aliphatic heterocycles. The van der Waals surface area contributed by atoms with Gasteiger partial charge in [0.2, 0.25) is 6.33 Å². The van der Waals surface area contributed by atoms with Crippen LogP contribution in [0, 0.1) is 0 Å². The highest BCUT2D eigenvalue weighted by Gasteiger charge is 1.98. The van der Waals surface area contributed by atoms with Crippen molar-refractivity contribution in [2.75, 3.05) is 0 Å². The molecule has 0 aliphatic carbocycles. The molecular formula is C14H18N2O2S. The Kier molecular flexibility index (Phi) is 6.02. The third kappa shape index (κ3) is 5.09. The van der Waals surface area contributed by atoms with Crippen molar-refractivity contribution >= 4 is 18.6 Å². The number of hydrogen-bond donors (Lipinski definition) is 1. The van der Waals surface area contributed by atoms with Gasteiger partial charge in [-0.2, -0.15) is 4.90 Å². The Morgan fingerprint density at radius 2 is 2.11 bits per heavy atom. The van der Waals surface area contributed by atoms with E-state index in [-0.39, 0.29) is 5.56 Å². The lowest BCUT2D eigenvalue weighted by atomic mass is 10.2. The van der Waals surface area contributed by atoms with E-state index >= 15 is 0 Å². The lowest BCUT2D eigenvalue weighted by Gasteiger charge is -2.07. The van der Waals surface area contributed by atoms with Gasteiger partial charge in [-0.15, -0.1) is 0 Å². The summed E-state index contributed by atoms with van der Waals surface area (Å²) in [5, 5.41) is 8.50. The van der Waals surface area contributed by atoms with Crippen molar-refractivity contribution in [2.45, 2.75) is 24.8 Å². The van der Waals surface area contributed by atoms with Crippen LogP contribution in [0.4, 0.5) is 0 Å². The van der Waals surface area contributed by atoms with Gasteiger partial charge in [0, 0.05) is 5.56 Å². The Bertz CT molecular complexity index is 538. The van der Waals surface area contributed by atoms with Gasteiger partial charge < -0.3 is 17.7 Å². The van der Waals surface area contributed by atoms with Crippen LogP contribution in [-0.2, 0) is 26.2 Å². The quantitative estimate of drug-likeness (QED) is 0.690. The summed E-state index contributed by atoms with van der Waals surface area (Å²) in [7, 11) is 2.03. The second kappa shape index (κ2) is 7.53. The van der Waals surface area contributed by atoms with Gasteiger partial charge in [0.05, 0.1) is 13.6 Å². The van der Waals surface area contributed by atoms with Crippen LogP contribution in [-0.4, -0.2) is 15.6 Å². The van der Waals surface area contributed by atoms with Gasteiger partial charge in [0.15, 0.2) is 0 Å². The first kappa shape index (κ1) is 15.2. The van der Waals surface area contributed by atoms with Crippen LogP contribution in [0.15, 0.2) is 47.9 Å². The van der Waals surface area contributed by atoms with Crippen LogP contribution in [0.3, 0.4) is 0 Å². The number of aryl methyl sites for hydroxylation is 2. The van der Waals surface area contributed by atoms with Crippen molar-refractivity contribution in [3.05, 3.63) is 48.5 Å². The first-order chi connectivity index (χ1) is 9.04. The zero-order valence-electron chi connectivity index (χ0n) is 11.1. The molecular weight excluding hydrogens is 260 g/mol. The van der Waals surface area contributed by atoms with Crippen molar-refractivity contribution in [1.29, 1.82) is 0 Å². The summed E-state index contributed by atoms with van der Waals surface area (Å²) in [6.07, 6.45) is 7.43. The standard InChI is InChI=1S/C7H13N2.C7H6O2S/c1-3-4-9-6-5-8(2)7-9;8-7(9)5-3-1-2-4-6(5)10/h5-7H,3-4H2,1-2H3;1-4,10H,(H,8,9)/q+1;/p-1. The molecule has 5 heteroatoms. The van der Waals surface area contributed by atoms with Gasteiger partial charge in [0.1, 0.15) is 12.4 Å². The molecule has 0 radical (unpaired) electrons. The minimum Gasteiger partial charge on any atom is -0.779 e. The molecule has 1 aromatic carbocycles. The number of carboxylic acids is 1. The maximum Gasteiger partial charge on any atom is 0.334 e. The van der Waals surface area contributed by atoms with Gasteiger partial charge >= 0.3 is 5.97 Å². The van der Waals surface area contributed by atoms with E-state index in [1.165, 1.54) is 12.5 Å². The average Bonchev–Trinajstić information content (AvgIpc) is 2.76. The van der Waals surface area contributed by atoms with E-state index in [4.69, 9.17) is 17.7 Å². The minimum atomic E-state index is -0.967. The number of benzene rings is 1. The molecule has 0 aliphatic rings. The summed E-state index contributed by atoms with van der Waals surface area (Å²) in [5.41, 5.74) is 0.192. The van der Waals surface area contributed by atoms with E-state index in [0.29, 0.717) is 4.90 Å². The lowest BCUT2D eigenvalue weighted by Crippen LogP contribution is -2.23. The fourth-order valence-electron chi connectivity index (χ4n) is 1.54. The molecule has 0 saturated heterocycles. The molecule has 0 amide bonds. The van der Waals surface area contributed by atoms with E-state index < -0.39 is 5.97 Å². The smallest absolute Gasteiger partial charge is 0.334 e. The molecule has 0 spiro atoms. The molecule has 1 aromatic heterocycles. The van der Waals surface area contributed by atoms with Gasteiger partial charge in [-0.05, 0) is 12.5 Å². The number of nitrogens with zero attached hydrogens (tertiary/aromatic N) is 2. The maximum atomic E-state index is 10.4. The molecule has 1 heterocycles. The van der Waals surface area contributed by atoms with Crippen LogP contribution in [0.1, 0.15) is 23.7 Å². The maximum absolute atomic E-state index is 10.4. The summed E-state index contributed by atoms with van der Waals surface area (Å²) >= 11 is 4.75. The summed E-state index contributed by atoms with van der Waals surface area (Å²) in [5.74, 6) is -0.967. The number of carboxylic acid groups (broad SMARTS) is 1. The van der Waals surface area contributed by atoms with E-state index in [1.807, 2.05) is 7.05 Å². The first-order valence-corrected chi connectivity index (χ1v) is 6.45. The number of rotatable bonds is 3. The van der Waals surface area contributed by atoms with Crippen molar-refractivity contribution in [3.8, 4) is 0 Å². The Labute approximate surface area is 118 Å². The number of aromatic nitrogens is 2. The van der Waals surface area contributed by atoms with Crippen molar-refractivity contribution < 1.29 is 14.5 Å². The van der Waals surface area contributed by atoms with E-state index in [1.54, 1.807) is 18.2 Å². The molecule has 0 saturated carbocycles. The SMILES string of the molecule is CCCn1cc[n+](C)c1.O=C(O)c1ccccc1[S-]. The van der Waals surface area contributed by atoms with Gasteiger partial charge in [-0.1, -0.05) is 25.1 Å². The number of aromatic carboxylic acids is 1. The predicted octanol–water partition coefficient (Wildman–Crippen LogP) is 2.01. The molecule has 2 rings (SSSR count). The third-order valence-corrected chi connectivity index (χ3v) is 2.78. The monoisotopic (exact) mass is 278 g/mol. The highest BCUT2D eigenvalue weighted by Crippen LogP contribution is 2.06. The molecule has 2 aromatic rings. The fraction of sp³-hybridized carbons (Fsp3) is 0.286. The second-order valence-corrected chi connectivity index (χ2v) is 4.56. The van der Waals surface area contributed by atoms with Gasteiger partial charge in [0.25, 0.3) is 0 Å². The average molecular weight is 278 g/mol. The highest BCUT2D eigenvalue weighted by molar-refractivity contribution is 7.58. The highest BCUT2D eigenvalue weighted by atomic mass is 32.1. The molecule has 0 bridgehead atoms. The predicted molar refractivity (Wildman–Crippen MR) is 74.9 cm³/mol. The van der Waals surface area contributed by atoms with Crippen LogP contribution < -0.4 is 4.57 Å². The molecule has 0 atom stereocenters. The largest absolute Gasteiger partial charge is 0.779 e. The van der Waals surface area contributed by atoms with E-state index in [0.717, 1.165) is 6.54 Å². The minimum absolute atomic E-state index is 0.192. The Morgan fingerprint density at radius 1 is 1.42 bits per heavy atom. The van der Waals surface area contributed by atoms with E-state index in [2.05, 4.69) is 34.8 Å². The molecule has 0 fully saturated rings. The Morgan fingerprint density at radius 3 is 2.53 bits per heavy atom. The Hall–Kier alpha value is -1.88. The molecule has 102 valence electrons. The topological polar surface area (TPSA) is 46.1 Å². The van der Waals surface area contributed by atoms with Crippen molar-refractivity contribution in [3.63, 3.8) is 0 Å². The summed E-state index contributed by atoms with van der Waals surface area (Å²) in [6, 6.07) is 6.46. The van der Waals surface area contributed by atoms with Crippen LogP contribution in [0.5, 0.6) is 0 Å². The fourth-order valence-corrected chi connectivity index (χ4v) is 1.77. The van der Waals surface area contributed by atoms with Crippen molar-refractivity contribution in [2.24, 2.45) is 7.05 Å². The normalized spacial score (nSPS) is 9.58. The molecule has 19 heavy (non-hydrogen) atoms. The second-order valence-electron chi connectivity index (χ2n) is 4.12. The Balaban J connectivity index is 0.000000191. The first-order valence-electron chi connectivity index (χ1n) is 6.05. The van der Waals surface area contributed by atoms with E-state index in [9.17, 15) is 4.79 Å². The lowest BCUT2D eigenvalue weighted by molar-refractivity contribution is -0.671. The zero-order valence-corrected chi connectivity index (χ0v) is 11.9. The number of imidazole rings is 1. The van der Waals surface area contributed by atoms with Crippen LogP contribution in [0.2, 0.25) is 0 Å². The summed E-state index contributed by atoms with van der Waals surface area (Å²) in [6.45, 7) is 3.31. The number of hydrogen-bond acceptors (Lipinski definition) is 2. The van der Waals surface area contributed by atoms with Crippen LogP contribution in [0.25, 0.3) is 0 Å². The molecule has 1 N–H and O–H groups in total. The molecule has 4 nitrogen and oxygen atoms in total. The van der Waals surface area contributed by atoms with Crippen molar-refractivity contribution in [1.82, 2.24) is 4.57 Å². The summed E-state index contributed by atoms with van der Waals surface area (Å²) < 4.78 is 4.23.